The van der Waals surface area contributed by atoms with E-state index in [1.54, 1.807) is 12.1 Å². The lowest BCUT2D eigenvalue weighted by Gasteiger charge is -2.14. The van der Waals surface area contributed by atoms with Gasteiger partial charge in [0.15, 0.2) is 0 Å². The van der Waals surface area contributed by atoms with Crippen LogP contribution in [0.2, 0.25) is 5.02 Å². The molecule has 7 heteroatoms. The number of halogens is 2. The molecule has 5 nitrogen and oxygen atoms in total. The van der Waals surface area contributed by atoms with E-state index in [4.69, 9.17) is 17.3 Å². The molecule has 112 valence electrons. The second-order valence-corrected chi connectivity index (χ2v) is 4.59. The minimum absolute atomic E-state index is 0. The predicted molar refractivity (Wildman–Crippen MR) is 83.6 cm³/mol. The van der Waals surface area contributed by atoms with E-state index in [2.05, 4.69) is 10.6 Å². The highest BCUT2D eigenvalue weighted by atomic mass is 35.5. The Morgan fingerprint density at radius 3 is 2.60 bits per heavy atom. The van der Waals surface area contributed by atoms with Crippen LogP contribution in [0.25, 0.3) is 0 Å². The van der Waals surface area contributed by atoms with Crippen LogP contribution >= 0.6 is 24.0 Å². The van der Waals surface area contributed by atoms with Crippen molar-refractivity contribution in [2.75, 3.05) is 12.4 Å². The zero-order valence-corrected chi connectivity index (χ0v) is 13.0. The van der Waals surface area contributed by atoms with Crippen LogP contribution in [0, 0.1) is 0 Å². The molecule has 1 aromatic rings. The molecule has 0 saturated carbocycles. The molecule has 0 aliphatic rings. The molecule has 2 amide bonds. The van der Waals surface area contributed by atoms with Crippen LogP contribution in [0.15, 0.2) is 18.2 Å². The summed E-state index contributed by atoms with van der Waals surface area (Å²) in [6.45, 7) is 1.95. The standard InChI is InChI=1S/C13H18ClN3O2.ClH/c1-3-4-10(15)13(19)17-11-6-5-8(14)7-9(11)12(18)16-2;/h5-7,10H,3-4,15H2,1-2H3,(H,16,18)(H,17,19);1H. The normalized spacial score (nSPS) is 11.2. The van der Waals surface area contributed by atoms with Crippen LogP contribution < -0.4 is 16.4 Å². The molecule has 1 unspecified atom stereocenters. The van der Waals surface area contributed by atoms with Gasteiger partial charge in [-0.05, 0) is 24.6 Å². The topological polar surface area (TPSA) is 84.2 Å². The van der Waals surface area contributed by atoms with Crippen LogP contribution in [-0.4, -0.2) is 24.9 Å². The summed E-state index contributed by atoms with van der Waals surface area (Å²) >= 11 is 5.85. The Morgan fingerprint density at radius 2 is 2.05 bits per heavy atom. The summed E-state index contributed by atoms with van der Waals surface area (Å²) in [4.78, 5) is 23.6. The molecule has 0 bridgehead atoms. The number of rotatable bonds is 5. The molecule has 0 radical (unpaired) electrons. The minimum Gasteiger partial charge on any atom is -0.355 e. The first-order valence-corrected chi connectivity index (χ1v) is 6.45. The van der Waals surface area contributed by atoms with E-state index in [0.717, 1.165) is 6.42 Å². The van der Waals surface area contributed by atoms with Gasteiger partial charge in [-0.15, -0.1) is 12.4 Å². The first kappa shape index (κ1) is 18.7. The molecule has 1 atom stereocenters. The number of anilines is 1. The molecule has 1 aromatic carbocycles. The van der Waals surface area contributed by atoms with Crippen LogP contribution in [0.5, 0.6) is 0 Å². The van der Waals surface area contributed by atoms with Gasteiger partial charge in [0.05, 0.1) is 17.3 Å². The Kier molecular flexibility index (Phi) is 8.22. The number of hydrogen-bond donors (Lipinski definition) is 3. The summed E-state index contributed by atoms with van der Waals surface area (Å²) in [5.41, 5.74) is 6.44. The van der Waals surface area contributed by atoms with Crippen molar-refractivity contribution in [2.45, 2.75) is 25.8 Å². The van der Waals surface area contributed by atoms with Crippen molar-refractivity contribution in [3.63, 3.8) is 0 Å². The molecule has 0 heterocycles. The number of nitrogens with one attached hydrogen (secondary N) is 2. The SMILES string of the molecule is CCCC(N)C(=O)Nc1ccc(Cl)cc1C(=O)NC.Cl. The Morgan fingerprint density at radius 1 is 1.40 bits per heavy atom. The number of nitrogens with two attached hydrogens (primary N) is 1. The summed E-state index contributed by atoms with van der Waals surface area (Å²) in [7, 11) is 1.51. The maximum atomic E-state index is 11.8. The molecule has 4 N–H and O–H groups in total. The summed E-state index contributed by atoms with van der Waals surface area (Å²) < 4.78 is 0. The highest BCUT2D eigenvalue weighted by Gasteiger charge is 2.16. The third-order valence-electron chi connectivity index (χ3n) is 2.65. The van der Waals surface area contributed by atoms with E-state index in [1.807, 2.05) is 6.92 Å². The van der Waals surface area contributed by atoms with Crippen molar-refractivity contribution < 1.29 is 9.59 Å². The lowest BCUT2D eigenvalue weighted by Crippen LogP contribution is -2.36. The van der Waals surface area contributed by atoms with Gasteiger partial charge >= 0.3 is 0 Å². The maximum Gasteiger partial charge on any atom is 0.253 e. The quantitative estimate of drug-likeness (QED) is 0.777. The third kappa shape index (κ3) is 5.00. The molecule has 1 rings (SSSR count). The summed E-state index contributed by atoms with van der Waals surface area (Å²) in [6.07, 6.45) is 1.41. The zero-order valence-electron chi connectivity index (χ0n) is 11.4. The van der Waals surface area contributed by atoms with Gasteiger partial charge in [0.2, 0.25) is 5.91 Å². The van der Waals surface area contributed by atoms with E-state index in [0.29, 0.717) is 22.7 Å². The number of benzene rings is 1. The van der Waals surface area contributed by atoms with Crippen molar-refractivity contribution in [1.82, 2.24) is 5.32 Å². The van der Waals surface area contributed by atoms with Gasteiger partial charge in [-0.25, -0.2) is 0 Å². The van der Waals surface area contributed by atoms with Gasteiger partial charge in [0.1, 0.15) is 0 Å². The Hall–Kier alpha value is -1.30. The van der Waals surface area contributed by atoms with Crippen LogP contribution in [0.1, 0.15) is 30.1 Å². The minimum atomic E-state index is -0.585. The fourth-order valence-electron chi connectivity index (χ4n) is 1.62. The van der Waals surface area contributed by atoms with Crippen molar-refractivity contribution in [3.05, 3.63) is 28.8 Å². The van der Waals surface area contributed by atoms with Gasteiger partial charge in [-0.1, -0.05) is 24.9 Å². The van der Waals surface area contributed by atoms with Gasteiger partial charge < -0.3 is 16.4 Å². The van der Waals surface area contributed by atoms with E-state index in [1.165, 1.54) is 13.1 Å². The first-order chi connectivity index (χ1) is 8.99. The number of hydrogen-bond acceptors (Lipinski definition) is 3. The molecule has 0 aromatic heterocycles. The highest BCUT2D eigenvalue weighted by Crippen LogP contribution is 2.21. The second-order valence-electron chi connectivity index (χ2n) is 4.15. The number of carbonyl (C=O) groups excluding carboxylic acids is 2. The van der Waals surface area contributed by atoms with Crippen molar-refractivity contribution in [1.29, 1.82) is 0 Å². The van der Waals surface area contributed by atoms with Crippen molar-refractivity contribution in [3.8, 4) is 0 Å². The molecular formula is C13H19Cl2N3O2. The largest absolute Gasteiger partial charge is 0.355 e. The molecule has 0 aliphatic heterocycles. The first-order valence-electron chi connectivity index (χ1n) is 6.07. The molecule has 0 fully saturated rings. The van der Waals surface area contributed by atoms with E-state index in [-0.39, 0.29) is 24.2 Å². The van der Waals surface area contributed by atoms with E-state index >= 15 is 0 Å². The Bertz CT molecular complexity index is 481. The molecule has 0 spiro atoms. The van der Waals surface area contributed by atoms with Gasteiger partial charge in [0.25, 0.3) is 5.91 Å². The summed E-state index contributed by atoms with van der Waals surface area (Å²) in [6, 6.07) is 4.11. The summed E-state index contributed by atoms with van der Waals surface area (Å²) in [5.74, 6) is -0.629. The van der Waals surface area contributed by atoms with Gasteiger partial charge in [-0.2, -0.15) is 0 Å². The van der Waals surface area contributed by atoms with E-state index in [9.17, 15) is 9.59 Å². The van der Waals surface area contributed by atoms with Crippen LogP contribution in [-0.2, 0) is 4.79 Å². The van der Waals surface area contributed by atoms with Gasteiger partial charge in [-0.3, -0.25) is 9.59 Å². The zero-order chi connectivity index (χ0) is 14.4. The molecule has 20 heavy (non-hydrogen) atoms. The smallest absolute Gasteiger partial charge is 0.253 e. The third-order valence-corrected chi connectivity index (χ3v) is 2.88. The predicted octanol–water partition coefficient (Wildman–Crippen LogP) is 2.19. The maximum absolute atomic E-state index is 11.8. The number of carbonyl (C=O) groups is 2. The van der Waals surface area contributed by atoms with Crippen LogP contribution in [0.3, 0.4) is 0 Å². The second kappa shape index (κ2) is 8.79. The van der Waals surface area contributed by atoms with Crippen LogP contribution in [0.4, 0.5) is 5.69 Å². The fraction of sp³-hybridized carbons (Fsp3) is 0.385. The fourth-order valence-corrected chi connectivity index (χ4v) is 1.79. The highest BCUT2D eigenvalue weighted by molar-refractivity contribution is 6.31. The van der Waals surface area contributed by atoms with Crippen molar-refractivity contribution >= 4 is 41.5 Å². The lowest BCUT2D eigenvalue weighted by atomic mass is 10.1. The van der Waals surface area contributed by atoms with E-state index < -0.39 is 6.04 Å². The van der Waals surface area contributed by atoms with Crippen molar-refractivity contribution in [2.24, 2.45) is 5.73 Å². The monoisotopic (exact) mass is 319 g/mol. The molecule has 0 aliphatic carbocycles. The Labute approximate surface area is 129 Å². The molecular weight excluding hydrogens is 301 g/mol. The average Bonchev–Trinajstić information content (AvgIpc) is 2.40. The van der Waals surface area contributed by atoms with Gasteiger partial charge in [0, 0.05) is 12.1 Å². The Balaban J connectivity index is 0.00000361. The number of amides is 2. The molecule has 0 saturated heterocycles. The lowest BCUT2D eigenvalue weighted by molar-refractivity contribution is -0.117. The summed E-state index contributed by atoms with van der Waals surface area (Å²) in [5, 5.41) is 5.58. The average molecular weight is 320 g/mol.